The summed E-state index contributed by atoms with van der Waals surface area (Å²) in [5, 5.41) is 2.11. The van der Waals surface area contributed by atoms with Gasteiger partial charge in [-0.3, -0.25) is 0 Å². The summed E-state index contributed by atoms with van der Waals surface area (Å²) in [6, 6.07) is 0. The van der Waals surface area contributed by atoms with E-state index in [2.05, 4.69) is 10.1 Å². The number of halogens is 2. The minimum absolute atomic E-state index is 0.0868. The Morgan fingerprint density at radius 1 is 1.78 bits per heavy atom. The molecule has 1 aliphatic heterocycles. The lowest BCUT2D eigenvalue weighted by Crippen LogP contribution is -2.21. The Hall–Kier alpha value is -0.870. The van der Waals surface area contributed by atoms with Gasteiger partial charge in [-0.2, -0.15) is 0 Å². The predicted octanol–water partition coefficient (Wildman–Crippen LogP) is 0.360. The van der Waals surface area contributed by atoms with Crippen molar-refractivity contribution in [3.05, 3.63) is 0 Å². The summed E-state index contributed by atoms with van der Waals surface area (Å²) in [5.74, 6) is 0. The Balaban J connectivity index is 2.39. The smallest absolute Gasteiger partial charge is 0.407 e. The van der Waals surface area contributed by atoms with Gasteiger partial charge in [0.1, 0.15) is 0 Å². The van der Waals surface area contributed by atoms with Gasteiger partial charge in [0.25, 0.3) is 6.43 Å². The van der Waals surface area contributed by atoms with Crippen molar-refractivity contribution < 1.29 is 18.3 Å². The summed E-state index contributed by atoms with van der Waals surface area (Å²) < 4.78 is 27.3. The van der Waals surface area contributed by atoms with Gasteiger partial charge in [0.2, 0.25) is 0 Å². The van der Waals surface area contributed by atoms with Crippen molar-refractivity contribution in [2.24, 2.45) is 0 Å². The van der Waals surface area contributed by atoms with Crippen LogP contribution in [0.2, 0.25) is 0 Å². The fourth-order valence-electron chi connectivity index (χ4n) is 0.545. The summed E-state index contributed by atoms with van der Waals surface area (Å²) in [5.41, 5.74) is 0. The Morgan fingerprint density at radius 3 is 2.67 bits per heavy atom. The van der Waals surface area contributed by atoms with Crippen molar-refractivity contribution in [1.29, 1.82) is 0 Å². The number of hydrogen-bond acceptors (Lipinski definition) is 2. The SMILES string of the molecule is O=C1NCC(C(F)F)O1. The second-order valence-corrected chi connectivity index (χ2v) is 1.66. The molecule has 52 valence electrons. The quantitative estimate of drug-likeness (QED) is 0.566. The van der Waals surface area contributed by atoms with Gasteiger partial charge in [-0.25, -0.2) is 13.6 Å². The standard InChI is InChI=1S/C4H5F2NO2/c5-3(6)2-1-7-4(8)9-2/h2-3H,1H2,(H,7,8). The molecule has 5 heteroatoms. The minimum atomic E-state index is -2.58. The molecule has 1 unspecified atom stereocenters. The summed E-state index contributed by atoms with van der Waals surface area (Å²) in [4.78, 5) is 10.1. The molecule has 9 heavy (non-hydrogen) atoms. The third kappa shape index (κ3) is 1.28. The van der Waals surface area contributed by atoms with Gasteiger partial charge >= 0.3 is 6.09 Å². The van der Waals surface area contributed by atoms with E-state index in [0.29, 0.717) is 0 Å². The Morgan fingerprint density at radius 2 is 2.44 bits per heavy atom. The zero-order valence-electron chi connectivity index (χ0n) is 4.43. The van der Waals surface area contributed by atoms with E-state index < -0.39 is 18.6 Å². The molecule has 1 fully saturated rings. The zero-order chi connectivity index (χ0) is 6.85. The van der Waals surface area contributed by atoms with Crippen LogP contribution in [0.25, 0.3) is 0 Å². The zero-order valence-corrected chi connectivity index (χ0v) is 4.43. The lowest BCUT2D eigenvalue weighted by atomic mass is 10.4. The van der Waals surface area contributed by atoms with Crippen LogP contribution in [0.5, 0.6) is 0 Å². The highest BCUT2D eigenvalue weighted by Gasteiger charge is 2.30. The van der Waals surface area contributed by atoms with Crippen LogP contribution in [0, 0.1) is 0 Å². The van der Waals surface area contributed by atoms with Crippen molar-refractivity contribution in [2.75, 3.05) is 6.54 Å². The number of rotatable bonds is 1. The van der Waals surface area contributed by atoms with Gasteiger partial charge in [-0.15, -0.1) is 0 Å². The summed E-state index contributed by atoms with van der Waals surface area (Å²) >= 11 is 0. The molecule has 1 amide bonds. The van der Waals surface area contributed by atoms with Gasteiger partial charge in [0.05, 0.1) is 6.54 Å². The Bertz CT molecular complexity index is 128. The second-order valence-electron chi connectivity index (χ2n) is 1.66. The van der Waals surface area contributed by atoms with Crippen molar-refractivity contribution in [3.63, 3.8) is 0 Å². The van der Waals surface area contributed by atoms with Gasteiger partial charge in [0, 0.05) is 0 Å². The molecule has 0 bridgehead atoms. The van der Waals surface area contributed by atoms with E-state index in [9.17, 15) is 13.6 Å². The lowest BCUT2D eigenvalue weighted by Gasteiger charge is -2.02. The molecular weight excluding hydrogens is 132 g/mol. The monoisotopic (exact) mass is 137 g/mol. The van der Waals surface area contributed by atoms with Crippen LogP contribution in [0.3, 0.4) is 0 Å². The number of alkyl carbamates (subject to hydrolysis) is 1. The normalized spacial score (nSPS) is 26.1. The number of carbonyl (C=O) groups is 1. The molecule has 1 saturated heterocycles. The number of alkyl halides is 2. The fraction of sp³-hybridized carbons (Fsp3) is 0.750. The summed E-state index contributed by atoms with van der Waals surface area (Å²) in [6.07, 6.45) is -4.60. The minimum Gasteiger partial charge on any atom is -0.438 e. The largest absolute Gasteiger partial charge is 0.438 e. The molecule has 1 rings (SSSR count). The first-order valence-corrected chi connectivity index (χ1v) is 2.43. The maximum atomic E-state index is 11.6. The van der Waals surface area contributed by atoms with E-state index in [4.69, 9.17) is 0 Å². The number of nitrogens with one attached hydrogen (secondary N) is 1. The van der Waals surface area contributed by atoms with Crippen LogP contribution in [0.15, 0.2) is 0 Å². The van der Waals surface area contributed by atoms with Crippen LogP contribution in [-0.4, -0.2) is 25.2 Å². The number of cyclic esters (lactones) is 1. The number of amides is 1. The maximum Gasteiger partial charge on any atom is 0.407 e. The molecule has 0 aliphatic carbocycles. The third-order valence-electron chi connectivity index (χ3n) is 0.987. The Kier molecular flexibility index (Phi) is 1.50. The van der Waals surface area contributed by atoms with E-state index in [1.54, 1.807) is 0 Å². The van der Waals surface area contributed by atoms with Crippen molar-refractivity contribution >= 4 is 6.09 Å². The molecule has 1 atom stereocenters. The van der Waals surface area contributed by atoms with E-state index >= 15 is 0 Å². The van der Waals surface area contributed by atoms with Crippen molar-refractivity contribution in [3.8, 4) is 0 Å². The molecule has 0 saturated carbocycles. The number of carbonyl (C=O) groups excluding carboxylic acids is 1. The van der Waals surface area contributed by atoms with Crippen LogP contribution in [-0.2, 0) is 4.74 Å². The number of hydrogen-bond donors (Lipinski definition) is 1. The highest BCUT2D eigenvalue weighted by molar-refractivity contribution is 5.69. The van der Waals surface area contributed by atoms with Gasteiger partial charge in [-0.1, -0.05) is 0 Å². The molecule has 0 aromatic rings. The molecule has 0 aromatic carbocycles. The molecule has 1 heterocycles. The van der Waals surface area contributed by atoms with Crippen molar-refractivity contribution in [2.45, 2.75) is 12.5 Å². The topological polar surface area (TPSA) is 38.3 Å². The first-order chi connectivity index (χ1) is 4.20. The van der Waals surface area contributed by atoms with Gasteiger partial charge in [-0.05, 0) is 0 Å². The van der Waals surface area contributed by atoms with Crippen LogP contribution in [0.4, 0.5) is 13.6 Å². The van der Waals surface area contributed by atoms with Crippen LogP contribution >= 0.6 is 0 Å². The van der Waals surface area contributed by atoms with Gasteiger partial charge < -0.3 is 10.1 Å². The molecule has 0 radical (unpaired) electrons. The fourth-order valence-corrected chi connectivity index (χ4v) is 0.545. The highest BCUT2D eigenvalue weighted by atomic mass is 19.3. The molecular formula is C4H5F2NO2. The highest BCUT2D eigenvalue weighted by Crippen LogP contribution is 2.08. The summed E-state index contributed by atoms with van der Waals surface area (Å²) in [6.45, 7) is -0.0868. The summed E-state index contributed by atoms with van der Waals surface area (Å²) in [7, 11) is 0. The van der Waals surface area contributed by atoms with E-state index in [1.807, 2.05) is 0 Å². The predicted molar refractivity (Wildman–Crippen MR) is 24.3 cm³/mol. The molecule has 0 aromatic heterocycles. The van der Waals surface area contributed by atoms with Gasteiger partial charge in [0.15, 0.2) is 6.10 Å². The van der Waals surface area contributed by atoms with Crippen molar-refractivity contribution in [1.82, 2.24) is 5.32 Å². The van der Waals surface area contributed by atoms with E-state index in [0.717, 1.165) is 0 Å². The average molecular weight is 137 g/mol. The first-order valence-electron chi connectivity index (χ1n) is 2.43. The lowest BCUT2D eigenvalue weighted by molar-refractivity contribution is 0.0106. The molecule has 1 aliphatic rings. The average Bonchev–Trinajstić information content (AvgIpc) is 2.14. The Labute approximate surface area is 50.0 Å². The second kappa shape index (κ2) is 2.16. The molecule has 3 nitrogen and oxygen atoms in total. The molecule has 1 N–H and O–H groups in total. The third-order valence-corrected chi connectivity index (χ3v) is 0.987. The van der Waals surface area contributed by atoms with Crippen LogP contribution < -0.4 is 5.32 Å². The van der Waals surface area contributed by atoms with Crippen LogP contribution in [0.1, 0.15) is 0 Å². The first kappa shape index (κ1) is 6.25. The molecule has 0 spiro atoms. The number of ether oxygens (including phenoxy) is 1. The van der Waals surface area contributed by atoms with E-state index in [1.165, 1.54) is 0 Å². The van der Waals surface area contributed by atoms with E-state index in [-0.39, 0.29) is 6.54 Å². The maximum absolute atomic E-state index is 11.6.